The van der Waals surface area contributed by atoms with Gasteiger partial charge in [0.1, 0.15) is 6.04 Å². The van der Waals surface area contributed by atoms with E-state index in [1.54, 1.807) is 12.1 Å². The van der Waals surface area contributed by atoms with Gasteiger partial charge in [-0.15, -0.1) is 0 Å². The number of nitrogens with one attached hydrogen (secondary N) is 3. The zero-order chi connectivity index (χ0) is 13.8. The standard InChI is InChI=1S/C13H16ClN3O2/c1-8(9-2-4-10(14)5-3-9)17-13(19)11-6-16-12(18)7-15-11/h2-5,8,11,15H,6-7H2,1H3,(H,16,18)(H,17,19)/t8-,11?/m0/s1. The van der Waals surface area contributed by atoms with Gasteiger partial charge in [-0.25, -0.2) is 0 Å². The van der Waals surface area contributed by atoms with Gasteiger partial charge in [-0.3, -0.25) is 14.9 Å². The number of rotatable bonds is 3. The van der Waals surface area contributed by atoms with Crippen molar-refractivity contribution in [2.24, 2.45) is 0 Å². The first kappa shape index (κ1) is 13.8. The van der Waals surface area contributed by atoms with Crippen LogP contribution in [0, 0.1) is 0 Å². The van der Waals surface area contributed by atoms with Crippen LogP contribution in [0.15, 0.2) is 24.3 Å². The molecule has 1 aromatic carbocycles. The number of hydrogen-bond acceptors (Lipinski definition) is 3. The van der Waals surface area contributed by atoms with Gasteiger partial charge in [-0.05, 0) is 24.6 Å². The molecule has 0 aromatic heterocycles. The number of piperazine rings is 1. The highest BCUT2D eigenvalue weighted by Gasteiger charge is 2.24. The zero-order valence-corrected chi connectivity index (χ0v) is 11.3. The maximum atomic E-state index is 12.0. The van der Waals surface area contributed by atoms with Crippen molar-refractivity contribution in [1.82, 2.24) is 16.0 Å². The molecule has 2 amide bonds. The Morgan fingerprint density at radius 3 is 2.68 bits per heavy atom. The quantitative estimate of drug-likeness (QED) is 0.760. The lowest BCUT2D eigenvalue weighted by Crippen LogP contribution is -2.58. The second kappa shape index (κ2) is 6.04. The van der Waals surface area contributed by atoms with Gasteiger partial charge in [0.15, 0.2) is 0 Å². The van der Waals surface area contributed by atoms with E-state index in [1.807, 2.05) is 19.1 Å². The Hall–Kier alpha value is -1.59. The van der Waals surface area contributed by atoms with E-state index in [9.17, 15) is 9.59 Å². The van der Waals surface area contributed by atoms with E-state index in [0.717, 1.165) is 5.56 Å². The summed E-state index contributed by atoms with van der Waals surface area (Å²) in [5.41, 5.74) is 0.984. The highest BCUT2D eigenvalue weighted by molar-refractivity contribution is 6.30. The fraction of sp³-hybridized carbons (Fsp3) is 0.385. The molecular weight excluding hydrogens is 266 g/mol. The lowest BCUT2D eigenvalue weighted by molar-refractivity contribution is -0.127. The number of amides is 2. The van der Waals surface area contributed by atoms with Gasteiger partial charge in [0.05, 0.1) is 12.6 Å². The number of halogens is 1. The molecule has 0 aliphatic carbocycles. The summed E-state index contributed by atoms with van der Waals surface area (Å²) in [7, 11) is 0. The Labute approximate surface area is 116 Å². The Kier molecular flexibility index (Phi) is 4.39. The summed E-state index contributed by atoms with van der Waals surface area (Å²) in [6, 6.07) is 6.85. The normalized spacial score (nSPS) is 20.5. The smallest absolute Gasteiger partial charge is 0.239 e. The van der Waals surface area contributed by atoms with Crippen LogP contribution in [-0.4, -0.2) is 30.9 Å². The zero-order valence-electron chi connectivity index (χ0n) is 10.6. The van der Waals surface area contributed by atoms with Crippen LogP contribution in [0.1, 0.15) is 18.5 Å². The lowest BCUT2D eigenvalue weighted by Gasteiger charge is -2.25. The first-order valence-electron chi connectivity index (χ1n) is 6.12. The highest BCUT2D eigenvalue weighted by atomic mass is 35.5. The Morgan fingerprint density at radius 2 is 2.11 bits per heavy atom. The van der Waals surface area contributed by atoms with Crippen LogP contribution in [0.5, 0.6) is 0 Å². The molecule has 2 rings (SSSR count). The third kappa shape index (κ3) is 3.68. The molecule has 2 atom stereocenters. The molecule has 1 saturated heterocycles. The molecule has 0 saturated carbocycles. The minimum Gasteiger partial charge on any atom is -0.353 e. The van der Waals surface area contributed by atoms with Crippen molar-refractivity contribution in [3.05, 3.63) is 34.9 Å². The van der Waals surface area contributed by atoms with Crippen molar-refractivity contribution in [3.8, 4) is 0 Å². The summed E-state index contributed by atoms with van der Waals surface area (Å²) in [4.78, 5) is 23.0. The lowest BCUT2D eigenvalue weighted by atomic mass is 10.1. The topological polar surface area (TPSA) is 70.2 Å². The summed E-state index contributed by atoms with van der Waals surface area (Å²) < 4.78 is 0. The molecule has 19 heavy (non-hydrogen) atoms. The molecule has 0 spiro atoms. The van der Waals surface area contributed by atoms with Crippen molar-refractivity contribution < 1.29 is 9.59 Å². The van der Waals surface area contributed by atoms with Crippen molar-refractivity contribution in [3.63, 3.8) is 0 Å². The summed E-state index contributed by atoms with van der Waals surface area (Å²) in [5.74, 6) is -0.211. The Balaban J connectivity index is 1.91. The van der Waals surface area contributed by atoms with Gasteiger partial charge in [-0.1, -0.05) is 23.7 Å². The van der Waals surface area contributed by atoms with Crippen molar-refractivity contribution in [1.29, 1.82) is 0 Å². The predicted octanol–water partition coefficient (Wildman–Crippen LogP) is 0.605. The minimum atomic E-state index is -0.382. The van der Waals surface area contributed by atoms with E-state index in [1.165, 1.54) is 0 Å². The van der Waals surface area contributed by atoms with Crippen LogP contribution in [0.4, 0.5) is 0 Å². The van der Waals surface area contributed by atoms with Crippen LogP contribution in [0.3, 0.4) is 0 Å². The fourth-order valence-corrected chi connectivity index (χ4v) is 2.03. The van der Waals surface area contributed by atoms with Gasteiger partial charge in [0.2, 0.25) is 11.8 Å². The van der Waals surface area contributed by atoms with Gasteiger partial charge >= 0.3 is 0 Å². The maximum Gasteiger partial charge on any atom is 0.239 e. The van der Waals surface area contributed by atoms with Crippen molar-refractivity contribution in [2.45, 2.75) is 19.0 Å². The largest absolute Gasteiger partial charge is 0.353 e. The number of benzene rings is 1. The fourth-order valence-electron chi connectivity index (χ4n) is 1.90. The van der Waals surface area contributed by atoms with E-state index < -0.39 is 0 Å². The van der Waals surface area contributed by atoms with Crippen molar-refractivity contribution in [2.75, 3.05) is 13.1 Å². The van der Waals surface area contributed by atoms with Gasteiger partial charge < -0.3 is 10.6 Å². The van der Waals surface area contributed by atoms with Gasteiger partial charge in [0.25, 0.3) is 0 Å². The summed E-state index contributed by atoms with van der Waals surface area (Å²) in [6.45, 7) is 2.40. The van der Waals surface area contributed by atoms with Crippen LogP contribution in [-0.2, 0) is 9.59 Å². The van der Waals surface area contributed by atoms with Crippen LogP contribution in [0.2, 0.25) is 5.02 Å². The molecular formula is C13H16ClN3O2. The molecule has 3 N–H and O–H groups in total. The monoisotopic (exact) mass is 281 g/mol. The molecule has 6 heteroatoms. The van der Waals surface area contributed by atoms with E-state index in [-0.39, 0.29) is 30.4 Å². The third-order valence-corrected chi connectivity index (χ3v) is 3.31. The summed E-state index contributed by atoms with van der Waals surface area (Å²) >= 11 is 5.82. The summed E-state index contributed by atoms with van der Waals surface area (Å²) in [5, 5.41) is 9.11. The molecule has 1 aromatic rings. The van der Waals surface area contributed by atoms with Gasteiger partial charge in [0, 0.05) is 11.6 Å². The average Bonchev–Trinajstić information content (AvgIpc) is 2.40. The van der Waals surface area contributed by atoms with Crippen LogP contribution >= 0.6 is 11.6 Å². The molecule has 5 nitrogen and oxygen atoms in total. The maximum absolute atomic E-state index is 12.0. The van der Waals surface area contributed by atoms with Crippen LogP contribution < -0.4 is 16.0 Å². The molecule has 0 radical (unpaired) electrons. The first-order chi connectivity index (χ1) is 9.06. The molecule has 0 bridgehead atoms. The van der Waals surface area contributed by atoms with Gasteiger partial charge in [-0.2, -0.15) is 0 Å². The first-order valence-corrected chi connectivity index (χ1v) is 6.50. The second-order valence-electron chi connectivity index (χ2n) is 4.52. The number of hydrogen-bond donors (Lipinski definition) is 3. The Morgan fingerprint density at radius 1 is 1.42 bits per heavy atom. The predicted molar refractivity (Wildman–Crippen MR) is 72.8 cm³/mol. The molecule has 1 unspecified atom stereocenters. The molecule has 1 fully saturated rings. The number of carbonyl (C=O) groups is 2. The SMILES string of the molecule is C[C@H](NC(=O)C1CNC(=O)CN1)c1ccc(Cl)cc1. The Bertz CT molecular complexity index is 465. The summed E-state index contributed by atoms with van der Waals surface area (Å²) in [6.07, 6.45) is 0. The molecule has 102 valence electrons. The van der Waals surface area contributed by atoms with E-state index >= 15 is 0 Å². The van der Waals surface area contributed by atoms with E-state index in [2.05, 4.69) is 16.0 Å². The van der Waals surface area contributed by atoms with Crippen LogP contribution in [0.25, 0.3) is 0 Å². The third-order valence-electron chi connectivity index (χ3n) is 3.06. The second-order valence-corrected chi connectivity index (χ2v) is 4.96. The van der Waals surface area contributed by atoms with E-state index in [4.69, 9.17) is 11.6 Å². The molecule has 1 aliphatic rings. The average molecular weight is 282 g/mol. The minimum absolute atomic E-state index is 0.0881. The number of carbonyl (C=O) groups excluding carboxylic acids is 2. The highest BCUT2D eigenvalue weighted by Crippen LogP contribution is 2.16. The van der Waals surface area contributed by atoms with Crippen molar-refractivity contribution >= 4 is 23.4 Å². The van der Waals surface area contributed by atoms with E-state index in [0.29, 0.717) is 11.6 Å². The molecule has 1 heterocycles. The molecule has 1 aliphatic heterocycles.